The monoisotopic (exact) mass is 341 g/mol. The van der Waals surface area contributed by atoms with E-state index in [1.54, 1.807) is 12.1 Å². The van der Waals surface area contributed by atoms with Crippen molar-refractivity contribution in [1.29, 1.82) is 0 Å². The number of nitrogens with one attached hydrogen (secondary N) is 1. The van der Waals surface area contributed by atoms with Crippen LogP contribution in [0.1, 0.15) is 10.5 Å². The molecule has 0 aliphatic carbocycles. The van der Waals surface area contributed by atoms with Crippen LogP contribution in [0.15, 0.2) is 59.2 Å². The number of pyridine rings is 1. The number of amides is 1. The molecule has 0 aliphatic rings. The largest absolute Gasteiger partial charge is 0.397 e. The Morgan fingerprint density at radius 3 is 2.57 bits per heavy atom. The molecule has 0 unspecified atom stereocenters. The van der Waals surface area contributed by atoms with Gasteiger partial charge in [-0.15, -0.1) is 0 Å². The fourth-order valence-corrected chi connectivity index (χ4v) is 2.41. The lowest BCUT2D eigenvalue weighted by Gasteiger charge is -2.06. The number of rotatable bonds is 2. The summed E-state index contributed by atoms with van der Waals surface area (Å²) < 4.78 is 1.03. The Balaban J connectivity index is 1.85. The van der Waals surface area contributed by atoms with E-state index < -0.39 is 0 Å². The fourth-order valence-electron chi connectivity index (χ4n) is 2.03. The predicted molar refractivity (Wildman–Crippen MR) is 88.3 cm³/mol. The van der Waals surface area contributed by atoms with E-state index in [2.05, 4.69) is 26.2 Å². The van der Waals surface area contributed by atoms with Gasteiger partial charge in [0, 0.05) is 10.2 Å². The van der Waals surface area contributed by atoms with Gasteiger partial charge < -0.3 is 11.1 Å². The van der Waals surface area contributed by atoms with E-state index in [1.165, 1.54) is 6.20 Å². The Morgan fingerprint density at radius 2 is 1.81 bits per heavy atom. The van der Waals surface area contributed by atoms with E-state index in [0.29, 0.717) is 11.4 Å². The molecule has 1 aromatic heterocycles. The van der Waals surface area contributed by atoms with Gasteiger partial charge in [-0.05, 0) is 47.2 Å². The number of nitrogen functional groups attached to an aromatic ring is 1. The molecule has 1 amide bonds. The van der Waals surface area contributed by atoms with Gasteiger partial charge >= 0.3 is 0 Å². The molecule has 0 saturated carbocycles. The number of halogens is 1. The smallest absolute Gasteiger partial charge is 0.274 e. The summed E-state index contributed by atoms with van der Waals surface area (Å²) in [7, 11) is 0. The summed E-state index contributed by atoms with van der Waals surface area (Å²) >= 11 is 3.44. The second-order valence-electron chi connectivity index (χ2n) is 4.64. The van der Waals surface area contributed by atoms with Crippen molar-refractivity contribution in [3.05, 3.63) is 64.9 Å². The number of carbonyl (C=O) groups excluding carboxylic acids is 1. The zero-order chi connectivity index (χ0) is 14.8. The maximum absolute atomic E-state index is 12.1. The molecule has 0 spiro atoms. The van der Waals surface area contributed by atoms with Gasteiger partial charge in [-0.2, -0.15) is 0 Å². The number of nitrogens with two attached hydrogens (primary N) is 1. The van der Waals surface area contributed by atoms with Crippen LogP contribution >= 0.6 is 15.9 Å². The van der Waals surface area contributed by atoms with Crippen molar-refractivity contribution in [1.82, 2.24) is 4.98 Å². The molecule has 1 heterocycles. The molecule has 21 heavy (non-hydrogen) atoms. The molecule has 3 N–H and O–H groups in total. The molecule has 0 atom stereocenters. The summed E-state index contributed by atoms with van der Waals surface area (Å²) in [6.07, 6.45) is 1.47. The first-order valence-corrected chi connectivity index (χ1v) is 7.13. The second kappa shape index (κ2) is 5.54. The van der Waals surface area contributed by atoms with Crippen molar-refractivity contribution in [2.75, 3.05) is 11.1 Å². The molecule has 0 radical (unpaired) electrons. The van der Waals surface area contributed by atoms with E-state index in [4.69, 9.17) is 5.73 Å². The molecule has 3 aromatic rings. The minimum Gasteiger partial charge on any atom is -0.397 e. The first-order valence-electron chi connectivity index (χ1n) is 6.34. The van der Waals surface area contributed by atoms with Crippen molar-refractivity contribution >= 4 is 44.0 Å². The van der Waals surface area contributed by atoms with E-state index in [9.17, 15) is 4.79 Å². The van der Waals surface area contributed by atoms with Gasteiger partial charge in [0.2, 0.25) is 0 Å². The molecule has 3 rings (SSSR count). The Labute approximate surface area is 130 Å². The molecule has 0 saturated heterocycles. The van der Waals surface area contributed by atoms with Gasteiger partial charge in [0.15, 0.2) is 0 Å². The number of anilines is 2. The van der Waals surface area contributed by atoms with E-state index >= 15 is 0 Å². The molecule has 104 valence electrons. The van der Waals surface area contributed by atoms with Crippen molar-refractivity contribution in [2.45, 2.75) is 0 Å². The first kappa shape index (κ1) is 13.6. The van der Waals surface area contributed by atoms with Crippen molar-refractivity contribution in [2.24, 2.45) is 0 Å². The number of hydrogen-bond donors (Lipinski definition) is 2. The average molecular weight is 342 g/mol. The highest BCUT2D eigenvalue weighted by Gasteiger charge is 2.07. The van der Waals surface area contributed by atoms with Crippen LogP contribution in [-0.2, 0) is 0 Å². The van der Waals surface area contributed by atoms with Crippen molar-refractivity contribution < 1.29 is 4.79 Å². The number of aromatic nitrogens is 1. The highest BCUT2D eigenvalue weighted by Crippen LogP contribution is 2.23. The lowest BCUT2D eigenvalue weighted by Crippen LogP contribution is -2.13. The number of fused-ring (bicyclic) bond motifs is 1. The number of hydrogen-bond acceptors (Lipinski definition) is 3. The van der Waals surface area contributed by atoms with Crippen LogP contribution in [0.5, 0.6) is 0 Å². The van der Waals surface area contributed by atoms with Crippen LogP contribution in [0.3, 0.4) is 0 Å². The van der Waals surface area contributed by atoms with Crippen LogP contribution in [-0.4, -0.2) is 10.9 Å². The van der Waals surface area contributed by atoms with Gasteiger partial charge in [-0.25, -0.2) is 4.98 Å². The highest BCUT2D eigenvalue weighted by atomic mass is 79.9. The normalized spacial score (nSPS) is 10.5. The molecule has 0 fully saturated rings. The molecular weight excluding hydrogens is 330 g/mol. The van der Waals surface area contributed by atoms with Gasteiger partial charge in [0.25, 0.3) is 5.91 Å². The maximum atomic E-state index is 12.1. The number of carbonyl (C=O) groups is 1. The quantitative estimate of drug-likeness (QED) is 0.744. The number of benzene rings is 2. The standard InChI is InChI=1S/C16H12BrN3O/c17-12-3-1-11-8-14(5-2-10(11)7-12)20-16(21)15-6-4-13(18)9-19-15/h1-9H,18H2,(H,20,21). The molecule has 0 bridgehead atoms. The summed E-state index contributed by atoms with van der Waals surface area (Å²) in [5.74, 6) is -0.258. The molecule has 2 aromatic carbocycles. The zero-order valence-electron chi connectivity index (χ0n) is 11.0. The Morgan fingerprint density at radius 1 is 1.05 bits per heavy atom. The van der Waals surface area contributed by atoms with Crippen LogP contribution in [0.2, 0.25) is 0 Å². The third-order valence-electron chi connectivity index (χ3n) is 3.08. The Bertz CT molecular complexity index is 815. The van der Waals surface area contributed by atoms with Gasteiger partial charge in [0.05, 0.1) is 11.9 Å². The second-order valence-corrected chi connectivity index (χ2v) is 5.55. The van der Waals surface area contributed by atoms with Crippen LogP contribution in [0.4, 0.5) is 11.4 Å². The minimum absolute atomic E-state index is 0.258. The molecule has 0 aliphatic heterocycles. The van der Waals surface area contributed by atoms with Crippen LogP contribution in [0, 0.1) is 0 Å². The highest BCUT2D eigenvalue weighted by molar-refractivity contribution is 9.10. The van der Waals surface area contributed by atoms with E-state index in [1.807, 2.05) is 36.4 Å². The summed E-state index contributed by atoms with van der Waals surface area (Å²) in [5.41, 5.74) is 7.15. The lowest BCUT2D eigenvalue weighted by atomic mass is 10.1. The SMILES string of the molecule is Nc1ccc(C(=O)Nc2ccc3cc(Br)ccc3c2)nc1. The summed E-state index contributed by atoms with van der Waals surface area (Å²) in [6, 6.07) is 15.0. The van der Waals surface area contributed by atoms with Crippen molar-refractivity contribution in [3.8, 4) is 0 Å². The topological polar surface area (TPSA) is 68.0 Å². The Kier molecular flexibility index (Phi) is 3.58. The minimum atomic E-state index is -0.258. The predicted octanol–water partition coefficient (Wildman–Crippen LogP) is 3.83. The summed E-state index contributed by atoms with van der Waals surface area (Å²) in [5, 5.41) is 4.99. The number of nitrogens with zero attached hydrogens (tertiary/aromatic N) is 1. The molecule has 4 nitrogen and oxygen atoms in total. The van der Waals surface area contributed by atoms with Crippen LogP contribution < -0.4 is 11.1 Å². The Hall–Kier alpha value is -2.40. The first-order chi connectivity index (χ1) is 10.1. The maximum Gasteiger partial charge on any atom is 0.274 e. The van der Waals surface area contributed by atoms with Crippen molar-refractivity contribution in [3.63, 3.8) is 0 Å². The average Bonchev–Trinajstić information content (AvgIpc) is 2.48. The van der Waals surface area contributed by atoms with E-state index in [-0.39, 0.29) is 5.91 Å². The summed E-state index contributed by atoms with van der Waals surface area (Å²) in [6.45, 7) is 0. The summed E-state index contributed by atoms with van der Waals surface area (Å²) in [4.78, 5) is 16.1. The van der Waals surface area contributed by atoms with Gasteiger partial charge in [-0.1, -0.05) is 28.1 Å². The van der Waals surface area contributed by atoms with Gasteiger partial charge in [0.1, 0.15) is 5.69 Å². The lowest BCUT2D eigenvalue weighted by molar-refractivity contribution is 0.102. The van der Waals surface area contributed by atoms with E-state index in [0.717, 1.165) is 20.9 Å². The van der Waals surface area contributed by atoms with Crippen LogP contribution in [0.25, 0.3) is 10.8 Å². The fraction of sp³-hybridized carbons (Fsp3) is 0. The third kappa shape index (κ3) is 3.03. The molecule has 5 heteroatoms. The third-order valence-corrected chi connectivity index (χ3v) is 3.57. The molecular formula is C16H12BrN3O. The zero-order valence-corrected chi connectivity index (χ0v) is 12.6. The van der Waals surface area contributed by atoms with Gasteiger partial charge in [-0.3, -0.25) is 4.79 Å².